The number of hydrogen-bond acceptors (Lipinski definition) is 10. The van der Waals surface area contributed by atoms with E-state index in [0.29, 0.717) is 24.8 Å². The highest BCUT2D eigenvalue weighted by Gasteiger charge is 2.30. The molecule has 1 amide bonds. The maximum atomic E-state index is 12.4. The number of ether oxygens (including phenoxy) is 3. The molecular weight excluding hydrogens is 586 g/mol. The molecule has 6 heterocycles. The van der Waals surface area contributed by atoms with Crippen molar-refractivity contribution in [3.63, 3.8) is 0 Å². The zero-order valence-corrected chi connectivity index (χ0v) is 25.7. The van der Waals surface area contributed by atoms with E-state index in [2.05, 4.69) is 42.6 Å². The molecule has 4 aromatic heterocycles. The highest BCUT2D eigenvalue weighted by Crippen LogP contribution is 2.37. The van der Waals surface area contributed by atoms with Gasteiger partial charge < -0.3 is 19.1 Å². The smallest absolute Gasteiger partial charge is 0.341 e. The van der Waals surface area contributed by atoms with E-state index in [1.54, 1.807) is 13.1 Å². The van der Waals surface area contributed by atoms with Gasteiger partial charge >= 0.3 is 12.0 Å². The molecule has 0 spiro atoms. The van der Waals surface area contributed by atoms with Gasteiger partial charge in [0.05, 0.1) is 35.8 Å². The molecule has 0 radical (unpaired) electrons. The Hall–Kier alpha value is -5.23. The monoisotopic (exact) mass is 619 g/mol. The molecule has 0 aliphatic carbocycles. The number of hydrogen-bond donors (Lipinski definition) is 0. The summed E-state index contributed by atoms with van der Waals surface area (Å²) in [6, 6.07) is 12.5. The largest absolute Gasteiger partial charge is 0.465 e. The number of methoxy groups -OCH3 is 1. The normalized spacial score (nSPS) is 15.0. The molecule has 1 fully saturated rings. The third-order valence-corrected chi connectivity index (χ3v) is 8.61. The summed E-state index contributed by atoms with van der Waals surface area (Å²) in [6.45, 7) is 4.52. The van der Waals surface area contributed by atoms with E-state index in [9.17, 15) is 9.59 Å². The van der Waals surface area contributed by atoms with Gasteiger partial charge in [0.25, 0.3) is 0 Å². The summed E-state index contributed by atoms with van der Waals surface area (Å²) in [5.74, 6) is -0.433. The Morgan fingerprint density at radius 1 is 1.00 bits per heavy atom. The molecule has 0 N–H and O–H groups in total. The van der Waals surface area contributed by atoms with Crippen molar-refractivity contribution in [3.05, 3.63) is 83.7 Å². The molecule has 0 atom stereocenters. The highest BCUT2D eigenvalue weighted by molar-refractivity contribution is 5.97. The van der Waals surface area contributed by atoms with Gasteiger partial charge in [-0.05, 0) is 36.4 Å². The number of carbonyl (C=O) groups excluding carboxylic acids is 2. The van der Waals surface area contributed by atoms with E-state index in [1.165, 1.54) is 25.2 Å². The van der Waals surface area contributed by atoms with Gasteiger partial charge in [0.2, 0.25) is 5.91 Å². The molecule has 46 heavy (non-hydrogen) atoms. The Morgan fingerprint density at radius 2 is 1.83 bits per heavy atom. The number of carbonyl (C=O) groups is 2. The molecule has 12 nitrogen and oxygen atoms in total. The van der Waals surface area contributed by atoms with Crippen LogP contribution in [0.5, 0.6) is 6.01 Å². The molecule has 234 valence electrons. The fraction of sp³-hybridized carbons (Fsp3) is 0.324. The Bertz CT molecular complexity index is 1900. The third kappa shape index (κ3) is 5.79. The van der Waals surface area contributed by atoms with Crippen molar-refractivity contribution in [2.75, 3.05) is 26.9 Å². The molecule has 0 saturated carbocycles. The lowest BCUT2D eigenvalue weighted by Crippen LogP contribution is -2.35. The molecule has 0 unspecified atom stereocenters. The molecule has 2 aliphatic heterocycles. The van der Waals surface area contributed by atoms with Crippen LogP contribution in [0.15, 0.2) is 61.2 Å². The second-order valence-electron chi connectivity index (χ2n) is 11.4. The predicted octanol–water partition coefficient (Wildman–Crippen LogP) is 4.57. The van der Waals surface area contributed by atoms with E-state index < -0.39 is 5.97 Å². The van der Waals surface area contributed by atoms with Gasteiger partial charge in [0.15, 0.2) is 0 Å². The average Bonchev–Trinajstić information content (AvgIpc) is 3.49. The van der Waals surface area contributed by atoms with Crippen LogP contribution in [0, 0.1) is 0 Å². The van der Waals surface area contributed by atoms with Gasteiger partial charge in [0.1, 0.15) is 6.61 Å². The van der Waals surface area contributed by atoms with Crippen molar-refractivity contribution in [1.82, 2.24) is 34.6 Å². The molecule has 12 heteroatoms. The fourth-order valence-corrected chi connectivity index (χ4v) is 6.11. The lowest BCUT2D eigenvalue weighted by molar-refractivity contribution is -0.129. The van der Waals surface area contributed by atoms with Gasteiger partial charge in [-0.2, -0.15) is 5.10 Å². The number of aromatic nitrogens is 6. The van der Waals surface area contributed by atoms with Crippen LogP contribution in [0.4, 0.5) is 0 Å². The molecule has 5 aromatic rings. The van der Waals surface area contributed by atoms with Crippen molar-refractivity contribution < 1.29 is 23.8 Å². The second kappa shape index (κ2) is 12.6. The zero-order chi connectivity index (χ0) is 31.6. The number of nitrogens with zero attached hydrogens (tertiary/aromatic N) is 7. The molecule has 1 saturated heterocycles. The zero-order valence-electron chi connectivity index (χ0n) is 25.7. The van der Waals surface area contributed by atoms with E-state index in [4.69, 9.17) is 19.6 Å². The Balaban J connectivity index is 1.14. The topological polar surface area (TPSA) is 134 Å². The molecular formula is C34H33N7O5. The van der Waals surface area contributed by atoms with Crippen molar-refractivity contribution in [2.45, 2.75) is 45.4 Å². The summed E-state index contributed by atoms with van der Waals surface area (Å²) < 4.78 is 18.1. The lowest BCUT2D eigenvalue weighted by Gasteiger charge is -2.29. The van der Waals surface area contributed by atoms with Gasteiger partial charge in [-0.3, -0.25) is 19.4 Å². The van der Waals surface area contributed by atoms with Crippen LogP contribution in [0.25, 0.3) is 33.3 Å². The van der Waals surface area contributed by atoms with Crippen LogP contribution in [0.2, 0.25) is 0 Å². The van der Waals surface area contributed by atoms with E-state index in [1.807, 2.05) is 29.3 Å². The van der Waals surface area contributed by atoms with Crippen LogP contribution < -0.4 is 4.74 Å². The number of rotatable bonds is 7. The first-order chi connectivity index (χ1) is 22.5. The Kier molecular flexibility index (Phi) is 8.10. The third-order valence-electron chi connectivity index (χ3n) is 8.61. The highest BCUT2D eigenvalue weighted by atomic mass is 16.5. The number of esters is 1. The minimum absolute atomic E-state index is 0.0773. The second-order valence-corrected chi connectivity index (χ2v) is 11.4. The van der Waals surface area contributed by atoms with E-state index in [0.717, 1.165) is 71.3 Å². The first-order valence-corrected chi connectivity index (χ1v) is 15.3. The van der Waals surface area contributed by atoms with Crippen molar-refractivity contribution in [1.29, 1.82) is 0 Å². The van der Waals surface area contributed by atoms with Crippen LogP contribution in [0.1, 0.15) is 53.1 Å². The van der Waals surface area contributed by atoms with Gasteiger partial charge in [-0.15, -0.1) is 0 Å². The Labute approximate surface area is 265 Å². The number of pyridine rings is 2. The number of amides is 1. The molecule has 7 rings (SSSR count). The minimum atomic E-state index is -0.511. The van der Waals surface area contributed by atoms with Crippen molar-refractivity contribution in [2.24, 2.45) is 0 Å². The predicted molar refractivity (Wildman–Crippen MR) is 168 cm³/mol. The van der Waals surface area contributed by atoms with E-state index >= 15 is 0 Å². The molecule has 1 aromatic carbocycles. The summed E-state index contributed by atoms with van der Waals surface area (Å²) in [6.07, 6.45) is 9.03. The molecule has 0 bridgehead atoms. The summed E-state index contributed by atoms with van der Waals surface area (Å²) in [4.78, 5) is 43.3. The van der Waals surface area contributed by atoms with Crippen molar-refractivity contribution >= 4 is 22.6 Å². The first-order valence-electron chi connectivity index (χ1n) is 15.3. The van der Waals surface area contributed by atoms with Gasteiger partial charge in [0, 0.05) is 92.2 Å². The molecule has 2 aliphatic rings. The SMILES string of the molecule is COC(=O)c1cnc(OCc2ccc(-c3cc4cccc(-c5nn(C6CCOCC6)c6c5CN(C(C)=O)CC6)c4cn3)cn2)nc1. The first kappa shape index (κ1) is 29.5. The standard InChI is InChI=1S/C34H33N7O5/c1-21(42)40-11-8-31-29(19-40)32(39-41(31)26-9-12-45-13-10-26)27-5-3-4-22-14-30(36-18-28(22)27)23-6-7-25(35-15-23)20-46-34-37-16-24(17-38-34)33(43)44-2/h3-7,14-18,26H,8-13,19-20H2,1-2H3. The Morgan fingerprint density at radius 3 is 2.57 bits per heavy atom. The maximum absolute atomic E-state index is 12.4. The van der Waals surface area contributed by atoms with E-state index in [-0.39, 0.29) is 24.1 Å². The van der Waals surface area contributed by atoms with Crippen LogP contribution in [-0.2, 0) is 33.8 Å². The summed E-state index contributed by atoms with van der Waals surface area (Å²) in [5, 5.41) is 7.26. The van der Waals surface area contributed by atoms with Crippen LogP contribution >= 0.6 is 0 Å². The maximum Gasteiger partial charge on any atom is 0.341 e. The minimum Gasteiger partial charge on any atom is -0.465 e. The van der Waals surface area contributed by atoms with Crippen molar-refractivity contribution in [3.8, 4) is 28.5 Å². The van der Waals surface area contributed by atoms with Crippen LogP contribution in [-0.4, -0.2) is 73.4 Å². The summed E-state index contributed by atoms with van der Waals surface area (Å²) in [5.41, 5.74) is 6.88. The number of fused-ring (bicyclic) bond motifs is 2. The van der Waals surface area contributed by atoms with Gasteiger partial charge in [-0.25, -0.2) is 14.8 Å². The van der Waals surface area contributed by atoms with Gasteiger partial charge in [-0.1, -0.05) is 18.2 Å². The summed E-state index contributed by atoms with van der Waals surface area (Å²) >= 11 is 0. The summed E-state index contributed by atoms with van der Waals surface area (Å²) in [7, 11) is 1.30. The average molecular weight is 620 g/mol. The number of benzene rings is 1. The quantitative estimate of drug-likeness (QED) is 0.239. The lowest BCUT2D eigenvalue weighted by atomic mass is 9.96. The van der Waals surface area contributed by atoms with Crippen LogP contribution in [0.3, 0.4) is 0 Å². The fourth-order valence-electron chi connectivity index (χ4n) is 6.11.